The van der Waals surface area contributed by atoms with Gasteiger partial charge in [-0.1, -0.05) is 66.2 Å². The predicted molar refractivity (Wildman–Crippen MR) is 134 cm³/mol. The smallest absolute Gasteiger partial charge is 0.247 e. The summed E-state index contributed by atoms with van der Waals surface area (Å²) < 4.78 is 6.21. The van der Waals surface area contributed by atoms with Crippen molar-refractivity contribution in [1.82, 2.24) is 15.2 Å². The van der Waals surface area contributed by atoms with Gasteiger partial charge in [-0.2, -0.15) is 0 Å². The average Bonchev–Trinajstić information content (AvgIpc) is 3.24. The van der Waals surface area contributed by atoms with Crippen LogP contribution < -0.4 is 10.6 Å². The largest absolute Gasteiger partial charge is 0.365 e. The molecule has 0 saturated carbocycles. The van der Waals surface area contributed by atoms with E-state index in [0.29, 0.717) is 30.5 Å². The lowest BCUT2D eigenvalue weighted by atomic mass is 9.84. The molecule has 1 aromatic heterocycles. The molecule has 2 aliphatic rings. The monoisotopic (exact) mass is 490 g/mol. The first-order chi connectivity index (χ1) is 17.0. The molecule has 0 bridgehead atoms. The highest BCUT2D eigenvalue weighted by Gasteiger charge is 2.43. The number of anilines is 1. The maximum absolute atomic E-state index is 13.1. The van der Waals surface area contributed by atoms with Gasteiger partial charge < -0.3 is 15.0 Å². The number of ether oxygens (including phenoxy) is 1. The molecule has 8 heteroatoms. The Morgan fingerprint density at radius 3 is 2.51 bits per heavy atom. The van der Waals surface area contributed by atoms with E-state index in [9.17, 15) is 9.59 Å². The zero-order chi connectivity index (χ0) is 24.3. The van der Waals surface area contributed by atoms with E-state index in [2.05, 4.69) is 27.8 Å². The molecule has 3 heterocycles. The third-order valence-electron chi connectivity index (χ3n) is 6.77. The summed E-state index contributed by atoms with van der Waals surface area (Å²) in [6.45, 7) is 1.91. The molecule has 0 radical (unpaired) electrons. The summed E-state index contributed by atoms with van der Waals surface area (Å²) in [5, 5.41) is 6.44. The van der Waals surface area contributed by atoms with Gasteiger partial charge in [0.15, 0.2) is 0 Å². The van der Waals surface area contributed by atoms with Crippen LogP contribution in [0.15, 0.2) is 72.9 Å². The lowest BCUT2D eigenvalue weighted by Gasteiger charge is -2.39. The van der Waals surface area contributed by atoms with E-state index in [1.54, 1.807) is 12.1 Å². The third kappa shape index (κ3) is 5.07. The quantitative estimate of drug-likeness (QED) is 0.544. The number of benzene rings is 2. The van der Waals surface area contributed by atoms with Gasteiger partial charge in [-0.3, -0.25) is 14.9 Å². The first-order valence-corrected chi connectivity index (χ1v) is 12.1. The molecule has 2 aliphatic heterocycles. The fourth-order valence-corrected chi connectivity index (χ4v) is 4.98. The summed E-state index contributed by atoms with van der Waals surface area (Å²) in [5.74, 6) is 0.0588. The summed E-state index contributed by atoms with van der Waals surface area (Å²) in [4.78, 5) is 32.1. The first-order valence-electron chi connectivity index (χ1n) is 11.7. The fraction of sp³-hybridized carbons (Fsp3) is 0.296. The van der Waals surface area contributed by atoms with E-state index in [4.69, 9.17) is 16.3 Å². The number of hydrogen-bond donors (Lipinski definition) is 2. The Hall–Kier alpha value is -3.26. The van der Waals surface area contributed by atoms with E-state index in [1.807, 2.05) is 47.4 Å². The normalized spacial score (nSPS) is 17.1. The fourth-order valence-electron chi connectivity index (χ4n) is 4.87. The maximum Gasteiger partial charge on any atom is 0.247 e. The van der Waals surface area contributed by atoms with Crippen molar-refractivity contribution in [2.24, 2.45) is 0 Å². The van der Waals surface area contributed by atoms with Crippen molar-refractivity contribution in [3.63, 3.8) is 0 Å². The number of hydrogen-bond acceptors (Lipinski definition) is 5. The molecule has 5 rings (SSSR count). The topological polar surface area (TPSA) is 83.6 Å². The third-order valence-corrected chi connectivity index (χ3v) is 6.99. The summed E-state index contributed by atoms with van der Waals surface area (Å²) >= 11 is 5.89. The minimum Gasteiger partial charge on any atom is -0.365 e. The number of carbonyl (C=O) groups excluding carboxylic acids is 2. The number of piperidine rings is 1. The van der Waals surface area contributed by atoms with Gasteiger partial charge in [-0.25, -0.2) is 4.98 Å². The molecule has 1 atom stereocenters. The number of nitrogens with one attached hydrogen (secondary N) is 2. The predicted octanol–water partition coefficient (Wildman–Crippen LogP) is 4.05. The number of nitrogens with zero attached hydrogens (tertiary/aromatic N) is 2. The van der Waals surface area contributed by atoms with Crippen LogP contribution in [0.4, 0.5) is 5.82 Å². The maximum atomic E-state index is 13.1. The van der Waals surface area contributed by atoms with E-state index < -0.39 is 6.04 Å². The Labute approximate surface area is 209 Å². The lowest BCUT2D eigenvalue weighted by Crippen LogP contribution is -2.48. The van der Waals surface area contributed by atoms with E-state index in [1.165, 1.54) is 17.3 Å². The second-order valence-electron chi connectivity index (χ2n) is 8.90. The number of halogens is 1. The Morgan fingerprint density at radius 2 is 1.77 bits per heavy atom. The molecule has 0 aliphatic carbocycles. The zero-order valence-corrected chi connectivity index (χ0v) is 20.0. The summed E-state index contributed by atoms with van der Waals surface area (Å²) in [6.07, 6.45) is 3.00. The van der Waals surface area contributed by atoms with E-state index in [-0.39, 0.29) is 24.0 Å². The molecule has 2 amide bonds. The lowest BCUT2D eigenvalue weighted by molar-refractivity contribution is -0.137. The SMILES string of the molecule is O=C(Nc1ccc(Cl)cn1)[C@H](NCC(=O)N1CCC2(CC1)OCc1ccccc12)c1ccccc1. The van der Waals surface area contributed by atoms with Crippen LogP contribution in [0, 0.1) is 0 Å². The molecular formula is C27H27ClN4O3. The molecule has 1 fully saturated rings. The van der Waals surface area contributed by atoms with E-state index >= 15 is 0 Å². The Morgan fingerprint density at radius 1 is 1.03 bits per heavy atom. The Bertz CT molecular complexity index is 1190. The zero-order valence-electron chi connectivity index (χ0n) is 19.2. The van der Waals surface area contributed by atoms with Crippen molar-refractivity contribution in [2.45, 2.75) is 31.1 Å². The summed E-state index contributed by atoms with van der Waals surface area (Å²) in [7, 11) is 0. The average molecular weight is 491 g/mol. The second-order valence-corrected chi connectivity index (χ2v) is 9.33. The van der Waals surface area contributed by atoms with Crippen molar-refractivity contribution in [2.75, 3.05) is 25.0 Å². The van der Waals surface area contributed by atoms with Crippen molar-refractivity contribution >= 4 is 29.2 Å². The number of fused-ring (bicyclic) bond motifs is 2. The number of aromatic nitrogens is 1. The minimum absolute atomic E-state index is 0.0375. The highest BCUT2D eigenvalue weighted by atomic mass is 35.5. The van der Waals surface area contributed by atoms with Gasteiger partial charge >= 0.3 is 0 Å². The Balaban J connectivity index is 1.22. The second kappa shape index (κ2) is 10.2. The van der Waals surface area contributed by atoms with E-state index in [0.717, 1.165) is 18.4 Å². The molecule has 35 heavy (non-hydrogen) atoms. The van der Waals surface area contributed by atoms with Gasteiger partial charge in [0.2, 0.25) is 11.8 Å². The van der Waals surface area contributed by atoms with Crippen molar-refractivity contribution < 1.29 is 14.3 Å². The highest BCUT2D eigenvalue weighted by molar-refractivity contribution is 6.30. The number of carbonyl (C=O) groups is 2. The number of amides is 2. The highest BCUT2D eigenvalue weighted by Crippen LogP contribution is 2.43. The molecule has 3 aromatic rings. The van der Waals surface area contributed by atoms with Gasteiger partial charge in [-0.05, 0) is 41.7 Å². The van der Waals surface area contributed by atoms with Crippen LogP contribution in [0.1, 0.15) is 35.6 Å². The standard InChI is InChI=1S/C27H27ClN4O3/c28-21-10-11-23(29-16-21)31-26(34)25(19-6-2-1-3-7-19)30-17-24(33)32-14-12-27(13-15-32)22-9-5-4-8-20(22)18-35-27/h1-11,16,25,30H,12-15,17-18H2,(H,29,31,34)/t25-/m1/s1. The van der Waals surface area contributed by atoms with Crippen LogP contribution in [0.5, 0.6) is 0 Å². The van der Waals surface area contributed by atoms with Crippen LogP contribution in [-0.4, -0.2) is 41.3 Å². The molecule has 1 spiro atoms. The van der Waals surface area contributed by atoms with Gasteiger partial charge in [0.1, 0.15) is 11.9 Å². The number of likely N-dealkylation sites (tertiary alicyclic amines) is 1. The van der Waals surface area contributed by atoms with Gasteiger partial charge in [0.25, 0.3) is 0 Å². The van der Waals surface area contributed by atoms with Crippen molar-refractivity contribution in [1.29, 1.82) is 0 Å². The minimum atomic E-state index is -0.709. The van der Waals surface area contributed by atoms with Gasteiger partial charge in [-0.15, -0.1) is 0 Å². The van der Waals surface area contributed by atoms with Crippen molar-refractivity contribution in [3.8, 4) is 0 Å². The number of pyridine rings is 1. The molecule has 7 nitrogen and oxygen atoms in total. The van der Waals surface area contributed by atoms with Crippen LogP contribution in [0.3, 0.4) is 0 Å². The molecule has 1 saturated heterocycles. The molecule has 2 N–H and O–H groups in total. The first kappa shape index (κ1) is 23.5. The molecule has 180 valence electrons. The van der Waals surface area contributed by atoms with Crippen LogP contribution in [0.2, 0.25) is 5.02 Å². The Kier molecular flexibility index (Phi) is 6.81. The molecule has 0 unspecified atom stereocenters. The molecular weight excluding hydrogens is 464 g/mol. The summed E-state index contributed by atoms with van der Waals surface area (Å²) in [6, 6.07) is 20.3. The number of rotatable bonds is 6. The van der Waals surface area contributed by atoms with Crippen LogP contribution in [-0.2, 0) is 26.5 Å². The summed E-state index contributed by atoms with van der Waals surface area (Å²) in [5.41, 5.74) is 2.96. The van der Waals surface area contributed by atoms with Gasteiger partial charge in [0.05, 0.1) is 23.8 Å². The van der Waals surface area contributed by atoms with Gasteiger partial charge in [0, 0.05) is 19.3 Å². The van der Waals surface area contributed by atoms with Crippen LogP contribution >= 0.6 is 11.6 Å². The molecule has 2 aromatic carbocycles. The van der Waals surface area contributed by atoms with Crippen molar-refractivity contribution in [3.05, 3.63) is 94.6 Å². The van der Waals surface area contributed by atoms with Crippen LogP contribution in [0.25, 0.3) is 0 Å².